The molecule has 0 aliphatic carbocycles. The molecule has 0 amide bonds. The summed E-state index contributed by atoms with van der Waals surface area (Å²) in [6.07, 6.45) is 2.62. The standard InChI is InChI=1S/C15H15ClN2O/c1-17-9-8-12-2-5-14(6-3-12)19-11-13-4-7-15(16)18-10-13/h2-7,10H,1,8-9,11H2. The molecule has 0 unspecified atom stereocenters. The highest BCUT2D eigenvalue weighted by Gasteiger charge is 1.98. The van der Waals surface area contributed by atoms with Gasteiger partial charge in [-0.1, -0.05) is 29.8 Å². The molecule has 0 radical (unpaired) electrons. The first kappa shape index (κ1) is 13.6. The van der Waals surface area contributed by atoms with Crippen LogP contribution in [0.1, 0.15) is 11.1 Å². The predicted molar refractivity (Wildman–Crippen MR) is 78.1 cm³/mol. The topological polar surface area (TPSA) is 34.5 Å². The minimum atomic E-state index is 0.484. The molecular weight excluding hydrogens is 260 g/mol. The monoisotopic (exact) mass is 274 g/mol. The van der Waals surface area contributed by atoms with Crippen LogP contribution in [0.2, 0.25) is 5.15 Å². The fourth-order valence-corrected chi connectivity index (χ4v) is 1.73. The lowest BCUT2D eigenvalue weighted by molar-refractivity contribution is 0.305. The van der Waals surface area contributed by atoms with Gasteiger partial charge >= 0.3 is 0 Å². The summed E-state index contributed by atoms with van der Waals surface area (Å²) in [5, 5.41) is 0.490. The van der Waals surface area contributed by atoms with Crippen molar-refractivity contribution in [3.8, 4) is 5.75 Å². The zero-order chi connectivity index (χ0) is 13.5. The quantitative estimate of drug-likeness (QED) is 0.596. The van der Waals surface area contributed by atoms with E-state index < -0.39 is 0 Å². The molecule has 98 valence electrons. The van der Waals surface area contributed by atoms with Crippen LogP contribution in [0, 0.1) is 0 Å². The van der Waals surface area contributed by atoms with Crippen molar-refractivity contribution >= 4 is 18.3 Å². The lowest BCUT2D eigenvalue weighted by atomic mass is 10.1. The van der Waals surface area contributed by atoms with Crippen LogP contribution in [0.15, 0.2) is 47.6 Å². The number of rotatable bonds is 6. The van der Waals surface area contributed by atoms with Crippen LogP contribution in [0.4, 0.5) is 0 Å². The first-order valence-corrected chi connectivity index (χ1v) is 6.40. The van der Waals surface area contributed by atoms with E-state index in [1.807, 2.05) is 30.3 Å². The molecule has 0 aliphatic heterocycles. The molecule has 1 aromatic carbocycles. The van der Waals surface area contributed by atoms with Crippen LogP contribution in [0.25, 0.3) is 0 Å². The Bertz CT molecular complexity index is 523. The number of nitrogens with zero attached hydrogens (tertiary/aromatic N) is 2. The molecule has 0 spiro atoms. The van der Waals surface area contributed by atoms with Gasteiger partial charge in [-0.15, -0.1) is 0 Å². The second kappa shape index (κ2) is 6.90. The van der Waals surface area contributed by atoms with Gasteiger partial charge in [-0.05, 0) is 36.9 Å². The lowest BCUT2D eigenvalue weighted by Gasteiger charge is -2.07. The van der Waals surface area contributed by atoms with Crippen LogP contribution in [0.5, 0.6) is 5.75 Å². The van der Waals surface area contributed by atoms with Crippen molar-refractivity contribution in [2.75, 3.05) is 6.54 Å². The highest BCUT2D eigenvalue weighted by atomic mass is 35.5. The van der Waals surface area contributed by atoms with Crippen molar-refractivity contribution in [3.05, 3.63) is 58.9 Å². The zero-order valence-corrected chi connectivity index (χ0v) is 11.3. The van der Waals surface area contributed by atoms with E-state index in [4.69, 9.17) is 16.3 Å². The minimum absolute atomic E-state index is 0.484. The Morgan fingerprint density at radius 3 is 2.47 bits per heavy atom. The molecule has 0 bridgehead atoms. The van der Waals surface area contributed by atoms with E-state index in [-0.39, 0.29) is 0 Å². The van der Waals surface area contributed by atoms with Gasteiger partial charge in [0.05, 0.1) is 0 Å². The summed E-state index contributed by atoms with van der Waals surface area (Å²) in [5.74, 6) is 0.838. The van der Waals surface area contributed by atoms with Crippen LogP contribution in [-0.2, 0) is 13.0 Å². The van der Waals surface area contributed by atoms with Crippen molar-refractivity contribution in [2.45, 2.75) is 13.0 Å². The third-order valence-electron chi connectivity index (χ3n) is 2.68. The van der Waals surface area contributed by atoms with Gasteiger partial charge in [0.25, 0.3) is 0 Å². The Balaban J connectivity index is 1.89. The van der Waals surface area contributed by atoms with Gasteiger partial charge in [0.2, 0.25) is 0 Å². The fraction of sp³-hybridized carbons (Fsp3) is 0.200. The van der Waals surface area contributed by atoms with Crippen molar-refractivity contribution < 1.29 is 4.74 Å². The largest absolute Gasteiger partial charge is 0.489 e. The van der Waals surface area contributed by atoms with Crippen molar-refractivity contribution in [2.24, 2.45) is 4.99 Å². The number of pyridine rings is 1. The molecule has 4 heteroatoms. The van der Waals surface area contributed by atoms with Gasteiger partial charge in [0.1, 0.15) is 17.5 Å². The summed E-state index contributed by atoms with van der Waals surface area (Å²) >= 11 is 5.72. The van der Waals surface area contributed by atoms with Crippen LogP contribution in [-0.4, -0.2) is 18.2 Å². The first-order valence-electron chi connectivity index (χ1n) is 6.02. The maximum absolute atomic E-state index is 5.72. The van der Waals surface area contributed by atoms with Gasteiger partial charge in [-0.25, -0.2) is 4.98 Å². The number of benzene rings is 1. The number of hydrogen-bond donors (Lipinski definition) is 0. The van der Waals surface area contributed by atoms with Crippen LogP contribution in [0.3, 0.4) is 0 Å². The van der Waals surface area contributed by atoms with Crippen molar-refractivity contribution in [3.63, 3.8) is 0 Å². The molecule has 2 rings (SSSR count). The van der Waals surface area contributed by atoms with Gasteiger partial charge in [0.15, 0.2) is 0 Å². The Kier molecular flexibility index (Phi) is 4.93. The molecule has 0 N–H and O–H groups in total. The van der Waals surface area contributed by atoms with Crippen molar-refractivity contribution in [1.82, 2.24) is 4.98 Å². The molecule has 0 atom stereocenters. The molecule has 1 heterocycles. The third-order valence-corrected chi connectivity index (χ3v) is 2.90. The number of aromatic nitrogens is 1. The lowest BCUT2D eigenvalue weighted by Crippen LogP contribution is -1.96. The second-order valence-corrected chi connectivity index (χ2v) is 4.51. The molecular formula is C15H15ClN2O. The highest BCUT2D eigenvalue weighted by Crippen LogP contribution is 2.15. The summed E-state index contributed by atoms with van der Waals surface area (Å²) in [6.45, 7) is 4.70. The normalized spacial score (nSPS) is 10.2. The number of hydrogen-bond acceptors (Lipinski definition) is 3. The molecule has 1 aromatic heterocycles. The third kappa shape index (κ3) is 4.38. The van der Waals surface area contributed by atoms with Gasteiger partial charge in [0, 0.05) is 18.3 Å². The zero-order valence-electron chi connectivity index (χ0n) is 10.6. The van der Waals surface area contributed by atoms with E-state index in [2.05, 4.69) is 16.7 Å². The predicted octanol–water partition coefficient (Wildman–Crippen LogP) is 3.56. The van der Waals surface area contributed by atoms with Crippen LogP contribution >= 0.6 is 11.6 Å². The SMILES string of the molecule is C=NCCc1ccc(OCc2ccc(Cl)nc2)cc1. The Hall–Kier alpha value is -1.87. The maximum atomic E-state index is 5.72. The number of aliphatic imine (C=N–C) groups is 1. The van der Waals surface area contributed by atoms with Gasteiger partial charge in [-0.3, -0.25) is 0 Å². The molecule has 0 aliphatic rings. The Labute approximate surface area is 117 Å². The summed E-state index contributed by atoms with van der Waals surface area (Å²) in [7, 11) is 0. The summed E-state index contributed by atoms with van der Waals surface area (Å²) in [5.41, 5.74) is 2.22. The molecule has 0 saturated heterocycles. The molecule has 0 fully saturated rings. The summed E-state index contributed by atoms with van der Waals surface area (Å²) in [6, 6.07) is 11.7. The summed E-state index contributed by atoms with van der Waals surface area (Å²) in [4.78, 5) is 7.85. The van der Waals surface area contributed by atoms with E-state index in [9.17, 15) is 0 Å². The second-order valence-electron chi connectivity index (χ2n) is 4.12. The minimum Gasteiger partial charge on any atom is -0.489 e. The molecule has 2 aromatic rings. The molecule has 0 saturated carbocycles. The van der Waals surface area contributed by atoms with E-state index in [1.54, 1.807) is 12.3 Å². The highest BCUT2D eigenvalue weighted by molar-refractivity contribution is 6.29. The first-order chi connectivity index (χ1) is 9.28. The fourth-order valence-electron chi connectivity index (χ4n) is 1.62. The van der Waals surface area contributed by atoms with E-state index in [0.29, 0.717) is 11.8 Å². The van der Waals surface area contributed by atoms with Gasteiger partial charge in [-0.2, -0.15) is 0 Å². The maximum Gasteiger partial charge on any atom is 0.129 e. The van der Waals surface area contributed by atoms with Gasteiger partial charge < -0.3 is 9.73 Å². The van der Waals surface area contributed by atoms with Crippen LogP contribution < -0.4 is 4.74 Å². The number of ether oxygens (including phenoxy) is 1. The Morgan fingerprint density at radius 2 is 1.84 bits per heavy atom. The average molecular weight is 275 g/mol. The van der Waals surface area contributed by atoms with Crippen molar-refractivity contribution in [1.29, 1.82) is 0 Å². The number of halogens is 1. The average Bonchev–Trinajstić information content (AvgIpc) is 2.46. The Morgan fingerprint density at radius 1 is 1.11 bits per heavy atom. The smallest absolute Gasteiger partial charge is 0.129 e. The van der Waals surface area contributed by atoms with E-state index >= 15 is 0 Å². The van der Waals surface area contributed by atoms with E-state index in [1.165, 1.54) is 5.56 Å². The molecule has 19 heavy (non-hydrogen) atoms. The van der Waals surface area contributed by atoms with E-state index in [0.717, 1.165) is 24.3 Å². The summed E-state index contributed by atoms with van der Waals surface area (Å²) < 4.78 is 5.67. The molecule has 3 nitrogen and oxygen atoms in total.